The maximum Gasteiger partial charge on any atom is 0.124 e. The first kappa shape index (κ1) is 14.1. The molecule has 1 aromatic carbocycles. The SMILES string of the molecule is COc1ccccc1C(C)(O)C1CCCc2cccnc21. The second-order valence-corrected chi connectivity index (χ2v) is 5.84. The van der Waals surface area contributed by atoms with Crippen LogP contribution in [-0.2, 0) is 12.0 Å². The van der Waals surface area contributed by atoms with Crippen LogP contribution in [0.1, 0.15) is 42.5 Å². The van der Waals surface area contributed by atoms with Crippen molar-refractivity contribution in [2.75, 3.05) is 7.11 Å². The zero-order valence-electron chi connectivity index (χ0n) is 12.5. The molecule has 3 heteroatoms. The molecule has 2 unspecified atom stereocenters. The molecule has 0 aliphatic heterocycles. The number of benzene rings is 1. The third-order valence-electron chi connectivity index (χ3n) is 4.53. The average Bonchev–Trinajstić information content (AvgIpc) is 2.54. The van der Waals surface area contributed by atoms with E-state index in [2.05, 4.69) is 11.1 Å². The molecule has 0 bridgehead atoms. The summed E-state index contributed by atoms with van der Waals surface area (Å²) in [5.41, 5.74) is 2.12. The number of ether oxygens (including phenoxy) is 1. The predicted molar refractivity (Wildman–Crippen MR) is 82.5 cm³/mol. The van der Waals surface area contributed by atoms with Gasteiger partial charge in [0.25, 0.3) is 0 Å². The number of nitrogens with zero attached hydrogens (tertiary/aromatic N) is 1. The second kappa shape index (κ2) is 5.49. The minimum Gasteiger partial charge on any atom is -0.496 e. The Hall–Kier alpha value is -1.87. The van der Waals surface area contributed by atoms with Crippen LogP contribution in [0.5, 0.6) is 5.75 Å². The fourth-order valence-corrected chi connectivity index (χ4v) is 3.41. The fourth-order valence-electron chi connectivity index (χ4n) is 3.41. The van der Waals surface area contributed by atoms with Crippen molar-refractivity contribution in [2.45, 2.75) is 37.7 Å². The van der Waals surface area contributed by atoms with E-state index in [1.165, 1.54) is 5.56 Å². The molecule has 1 aliphatic carbocycles. The molecule has 1 aromatic heterocycles. The fraction of sp³-hybridized carbons (Fsp3) is 0.389. The minimum absolute atomic E-state index is 0.00116. The maximum atomic E-state index is 11.2. The number of rotatable bonds is 3. The van der Waals surface area contributed by atoms with Crippen LogP contribution in [0.25, 0.3) is 0 Å². The van der Waals surface area contributed by atoms with Gasteiger partial charge in [-0.2, -0.15) is 0 Å². The molecule has 3 rings (SSSR count). The van der Waals surface area contributed by atoms with Crippen molar-refractivity contribution in [1.82, 2.24) is 4.98 Å². The van der Waals surface area contributed by atoms with E-state index in [0.29, 0.717) is 0 Å². The summed E-state index contributed by atoms with van der Waals surface area (Å²) < 4.78 is 5.43. The van der Waals surface area contributed by atoms with E-state index in [4.69, 9.17) is 4.74 Å². The van der Waals surface area contributed by atoms with E-state index in [1.807, 2.05) is 43.5 Å². The number of methoxy groups -OCH3 is 1. The van der Waals surface area contributed by atoms with Crippen molar-refractivity contribution >= 4 is 0 Å². The lowest BCUT2D eigenvalue weighted by molar-refractivity contribution is 0.0167. The highest BCUT2D eigenvalue weighted by molar-refractivity contribution is 5.41. The van der Waals surface area contributed by atoms with Gasteiger partial charge in [0.2, 0.25) is 0 Å². The van der Waals surface area contributed by atoms with Gasteiger partial charge in [0.05, 0.1) is 12.7 Å². The average molecular weight is 283 g/mol. The van der Waals surface area contributed by atoms with Crippen molar-refractivity contribution in [1.29, 1.82) is 0 Å². The Morgan fingerprint density at radius 1 is 1.24 bits per heavy atom. The molecule has 21 heavy (non-hydrogen) atoms. The topological polar surface area (TPSA) is 42.4 Å². The maximum absolute atomic E-state index is 11.2. The van der Waals surface area contributed by atoms with E-state index in [0.717, 1.165) is 36.3 Å². The third-order valence-corrected chi connectivity index (χ3v) is 4.53. The normalized spacial score (nSPS) is 20.4. The van der Waals surface area contributed by atoms with Gasteiger partial charge in [-0.15, -0.1) is 0 Å². The Morgan fingerprint density at radius 3 is 2.86 bits per heavy atom. The van der Waals surface area contributed by atoms with Crippen molar-refractivity contribution in [3.63, 3.8) is 0 Å². The number of aliphatic hydroxyl groups is 1. The van der Waals surface area contributed by atoms with Crippen LogP contribution in [0.3, 0.4) is 0 Å². The van der Waals surface area contributed by atoms with E-state index < -0.39 is 5.60 Å². The van der Waals surface area contributed by atoms with Gasteiger partial charge in [-0.3, -0.25) is 4.98 Å². The lowest BCUT2D eigenvalue weighted by Gasteiger charge is -2.37. The van der Waals surface area contributed by atoms with Crippen molar-refractivity contribution < 1.29 is 9.84 Å². The zero-order chi connectivity index (χ0) is 14.9. The van der Waals surface area contributed by atoms with Gasteiger partial charge in [0.15, 0.2) is 0 Å². The quantitative estimate of drug-likeness (QED) is 0.938. The van der Waals surface area contributed by atoms with Crippen LogP contribution in [0.2, 0.25) is 0 Å². The highest BCUT2D eigenvalue weighted by atomic mass is 16.5. The van der Waals surface area contributed by atoms with Crippen LogP contribution in [0, 0.1) is 0 Å². The molecule has 2 atom stereocenters. The van der Waals surface area contributed by atoms with Crippen LogP contribution in [-0.4, -0.2) is 17.2 Å². The number of aromatic nitrogens is 1. The Morgan fingerprint density at radius 2 is 2.05 bits per heavy atom. The first-order valence-corrected chi connectivity index (χ1v) is 7.44. The summed E-state index contributed by atoms with van der Waals surface area (Å²) in [5, 5.41) is 11.2. The first-order valence-electron chi connectivity index (χ1n) is 7.44. The van der Waals surface area contributed by atoms with E-state index in [9.17, 15) is 5.11 Å². The monoisotopic (exact) mass is 283 g/mol. The highest BCUT2D eigenvalue weighted by Crippen LogP contribution is 2.45. The minimum atomic E-state index is -0.990. The van der Waals surface area contributed by atoms with Crippen LogP contribution >= 0.6 is 0 Å². The lowest BCUT2D eigenvalue weighted by atomic mass is 9.73. The molecule has 0 amide bonds. The molecule has 3 nitrogen and oxygen atoms in total. The van der Waals surface area contributed by atoms with Gasteiger partial charge in [0.1, 0.15) is 5.75 Å². The summed E-state index contributed by atoms with van der Waals surface area (Å²) in [6, 6.07) is 11.8. The number of aryl methyl sites for hydroxylation is 1. The zero-order valence-corrected chi connectivity index (χ0v) is 12.5. The standard InChI is InChI=1S/C18H21NO2/c1-18(20,14-9-3-4-11-16(14)21-2)15-10-5-7-13-8-6-12-19-17(13)15/h3-4,6,8-9,11-12,15,20H,5,7,10H2,1-2H3. The molecule has 0 radical (unpaired) electrons. The Labute approximate surface area is 125 Å². The molecule has 110 valence electrons. The smallest absolute Gasteiger partial charge is 0.124 e. The van der Waals surface area contributed by atoms with Crippen LogP contribution in [0.15, 0.2) is 42.6 Å². The largest absolute Gasteiger partial charge is 0.496 e. The summed E-state index contributed by atoms with van der Waals surface area (Å²) in [7, 11) is 1.64. The summed E-state index contributed by atoms with van der Waals surface area (Å²) in [6.07, 6.45) is 4.88. The van der Waals surface area contributed by atoms with Crippen molar-refractivity contribution in [2.24, 2.45) is 0 Å². The Bertz CT molecular complexity index is 637. The molecule has 2 aromatic rings. The van der Waals surface area contributed by atoms with Gasteiger partial charge < -0.3 is 9.84 Å². The van der Waals surface area contributed by atoms with Gasteiger partial charge in [-0.1, -0.05) is 24.3 Å². The molecule has 0 saturated heterocycles. The number of fused-ring (bicyclic) bond motifs is 1. The van der Waals surface area contributed by atoms with Crippen molar-refractivity contribution in [3.05, 3.63) is 59.4 Å². The molecule has 1 heterocycles. The van der Waals surface area contributed by atoms with Crippen molar-refractivity contribution in [3.8, 4) is 5.75 Å². The summed E-state index contributed by atoms with van der Waals surface area (Å²) in [4.78, 5) is 4.55. The number of pyridine rings is 1. The summed E-state index contributed by atoms with van der Waals surface area (Å²) in [5.74, 6) is 0.726. The van der Waals surface area contributed by atoms with Gasteiger partial charge in [-0.05, 0) is 43.9 Å². The van der Waals surface area contributed by atoms with Gasteiger partial charge in [-0.25, -0.2) is 0 Å². The predicted octanol–water partition coefficient (Wildman–Crippen LogP) is 3.42. The van der Waals surface area contributed by atoms with Gasteiger partial charge >= 0.3 is 0 Å². The first-order chi connectivity index (χ1) is 10.1. The molecule has 0 saturated carbocycles. The highest BCUT2D eigenvalue weighted by Gasteiger charge is 2.39. The summed E-state index contributed by atoms with van der Waals surface area (Å²) >= 11 is 0. The van der Waals surface area contributed by atoms with E-state index in [-0.39, 0.29) is 5.92 Å². The summed E-state index contributed by atoms with van der Waals surface area (Å²) in [6.45, 7) is 1.87. The number of hydrogen-bond donors (Lipinski definition) is 1. The molecule has 0 fully saturated rings. The Balaban J connectivity index is 2.07. The molecular formula is C18H21NO2. The van der Waals surface area contributed by atoms with E-state index >= 15 is 0 Å². The molecule has 1 aliphatic rings. The lowest BCUT2D eigenvalue weighted by Crippen LogP contribution is -2.33. The molecule has 0 spiro atoms. The number of para-hydroxylation sites is 1. The Kier molecular flexibility index (Phi) is 3.68. The van der Waals surface area contributed by atoms with Gasteiger partial charge in [0, 0.05) is 23.4 Å². The molecular weight excluding hydrogens is 262 g/mol. The number of hydrogen-bond acceptors (Lipinski definition) is 3. The van der Waals surface area contributed by atoms with Crippen LogP contribution in [0.4, 0.5) is 0 Å². The third kappa shape index (κ3) is 2.42. The second-order valence-electron chi connectivity index (χ2n) is 5.84. The van der Waals surface area contributed by atoms with Crippen LogP contribution < -0.4 is 4.74 Å². The van der Waals surface area contributed by atoms with E-state index in [1.54, 1.807) is 7.11 Å². The molecule has 1 N–H and O–H groups in total.